The molecule has 1 heterocycles. The molecule has 0 saturated carbocycles. The van der Waals surface area contributed by atoms with E-state index >= 15 is 0 Å². The number of nitrogens with one attached hydrogen (secondary N) is 1. The predicted octanol–water partition coefficient (Wildman–Crippen LogP) is 2.97. The summed E-state index contributed by atoms with van der Waals surface area (Å²) in [4.78, 5) is 37.0. The Labute approximate surface area is 167 Å². The van der Waals surface area contributed by atoms with E-state index in [1.807, 2.05) is 0 Å². The largest absolute Gasteiger partial charge is 0.497 e. The van der Waals surface area contributed by atoms with Crippen molar-refractivity contribution in [1.82, 2.24) is 5.32 Å². The number of ether oxygens (including phenoxy) is 3. The van der Waals surface area contributed by atoms with E-state index < -0.39 is 18.2 Å². The number of Topliss-reactive ketones (excluding diaryl/α,β-unsaturated/α-hetero) is 1. The van der Waals surface area contributed by atoms with Gasteiger partial charge in [-0.25, -0.2) is 4.79 Å². The maximum absolute atomic E-state index is 12.5. The monoisotopic (exact) mass is 405 g/mol. The highest BCUT2D eigenvalue weighted by Gasteiger charge is 2.25. The van der Waals surface area contributed by atoms with Crippen molar-refractivity contribution in [2.24, 2.45) is 0 Å². The lowest BCUT2D eigenvalue weighted by Gasteiger charge is -2.17. The number of esters is 1. The third-order valence-corrected chi connectivity index (χ3v) is 4.88. The number of ketones is 1. The van der Waals surface area contributed by atoms with Crippen LogP contribution in [0.5, 0.6) is 11.5 Å². The van der Waals surface area contributed by atoms with Crippen LogP contribution in [0.25, 0.3) is 0 Å². The van der Waals surface area contributed by atoms with Gasteiger partial charge in [0.15, 0.2) is 12.2 Å². The van der Waals surface area contributed by atoms with Crippen LogP contribution in [0.3, 0.4) is 0 Å². The van der Waals surface area contributed by atoms with Gasteiger partial charge in [-0.15, -0.1) is 11.3 Å². The lowest BCUT2D eigenvalue weighted by Crippen LogP contribution is -2.32. The molecule has 0 saturated heterocycles. The van der Waals surface area contributed by atoms with Crippen molar-refractivity contribution in [1.29, 1.82) is 0 Å². The Morgan fingerprint density at radius 2 is 1.64 bits per heavy atom. The maximum atomic E-state index is 12.5. The minimum Gasteiger partial charge on any atom is -0.497 e. The van der Waals surface area contributed by atoms with Crippen molar-refractivity contribution >= 4 is 29.0 Å². The Morgan fingerprint density at radius 1 is 1.00 bits per heavy atom. The van der Waals surface area contributed by atoms with Gasteiger partial charge in [0.2, 0.25) is 11.7 Å². The van der Waals surface area contributed by atoms with Crippen LogP contribution in [0, 0.1) is 0 Å². The second-order valence-corrected chi connectivity index (χ2v) is 7.22. The summed E-state index contributed by atoms with van der Waals surface area (Å²) in [6, 6.07) is 10.2. The van der Waals surface area contributed by atoms with Gasteiger partial charge in [0, 0.05) is 11.8 Å². The zero-order chi connectivity index (χ0) is 20.7. The fourth-order valence-electron chi connectivity index (χ4n) is 2.25. The molecule has 0 fully saturated rings. The average Bonchev–Trinajstić information content (AvgIpc) is 3.15. The van der Waals surface area contributed by atoms with Gasteiger partial charge in [-0.05, 0) is 50.2 Å². The van der Waals surface area contributed by atoms with E-state index in [2.05, 4.69) is 5.32 Å². The van der Waals surface area contributed by atoms with Crippen molar-refractivity contribution in [3.8, 4) is 11.5 Å². The minimum atomic E-state index is -0.943. The summed E-state index contributed by atoms with van der Waals surface area (Å²) in [6.07, 6.45) is -1.82. The van der Waals surface area contributed by atoms with Gasteiger partial charge in [-0.2, -0.15) is 0 Å². The number of carbonyl (C=O) groups excluding carboxylic acids is 3. The minimum absolute atomic E-state index is 0.144. The van der Waals surface area contributed by atoms with Crippen LogP contribution in [-0.2, 0) is 20.9 Å². The predicted molar refractivity (Wildman–Crippen MR) is 105 cm³/mol. The summed E-state index contributed by atoms with van der Waals surface area (Å²) < 4.78 is 15.9. The molecule has 1 aromatic carbocycles. The van der Waals surface area contributed by atoms with E-state index in [-0.39, 0.29) is 11.7 Å². The zero-order valence-electron chi connectivity index (χ0n) is 16.2. The van der Waals surface area contributed by atoms with Crippen molar-refractivity contribution in [2.45, 2.75) is 39.5 Å². The first-order chi connectivity index (χ1) is 13.3. The Hall–Kier alpha value is -2.87. The molecular weight excluding hydrogens is 382 g/mol. The molecule has 0 spiro atoms. The van der Waals surface area contributed by atoms with Crippen LogP contribution in [0.15, 0.2) is 36.4 Å². The van der Waals surface area contributed by atoms with Crippen LogP contribution in [-0.4, -0.2) is 37.0 Å². The molecule has 0 aliphatic rings. The highest BCUT2D eigenvalue weighted by atomic mass is 32.1. The topological polar surface area (TPSA) is 90.9 Å². The van der Waals surface area contributed by atoms with E-state index in [0.717, 1.165) is 4.88 Å². The molecule has 2 aromatic rings. The summed E-state index contributed by atoms with van der Waals surface area (Å²) in [5, 5.41) is 2.67. The molecule has 150 valence electrons. The molecule has 2 atom stereocenters. The lowest BCUT2D eigenvalue weighted by molar-refractivity contribution is -0.153. The second kappa shape index (κ2) is 9.89. The summed E-state index contributed by atoms with van der Waals surface area (Å²) in [7, 11) is 1.56. The summed E-state index contributed by atoms with van der Waals surface area (Å²) in [5.41, 5.74) is 0. The van der Waals surface area contributed by atoms with Crippen LogP contribution in [0.4, 0.5) is 0 Å². The lowest BCUT2D eigenvalue weighted by atomic mass is 10.2. The number of thiophene rings is 1. The quantitative estimate of drug-likeness (QED) is 0.509. The zero-order valence-corrected chi connectivity index (χ0v) is 17.0. The number of benzene rings is 1. The molecule has 2 unspecified atom stereocenters. The molecule has 7 nitrogen and oxygen atoms in total. The number of rotatable bonds is 9. The third-order valence-electron chi connectivity index (χ3n) is 3.78. The van der Waals surface area contributed by atoms with Gasteiger partial charge in [0.25, 0.3) is 0 Å². The number of methoxy groups -OCH3 is 1. The molecular formula is C20H23NO6S. The normalized spacial score (nSPS) is 12.6. The molecule has 2 rings (SSSR count). The van der Waals surface area contributed by atoms with Gasteiger partial charge < -0.3 is 19.5 Å². The number of carbonyl (C=O) groups is 3. The van der Waals surface area contributed by atoms with Crippen LogP contribution >= 0.6 is 11.3 Å². The number of hydrogen-bond donors (Lipinski definition) is 1. The second-order valence-electron chi connectivity index (χ2n) is 6.05. The van der Waals surface area contributed by atoms with Gasteiger partial charge in [0.1, 0.15) is 11.5 Å². The summed E-state index contributed by atoms with van der Waals surface area (Å²) in [5.74, 6) is 0.0888. The van der Waals surface area contributed by atoms with E-state index in [4.69, 9.17) is 14.2 Å². The number of amides is 1. The van der Waals surface area contributed by atoms with Crippen molar-refractivity contribution < 1.29 is 28.6 Å². The number of hydrogen-bond acceptors (Lipinski definition) is 7. The fourth-order valence-corrected chi connectivity index (χ4v) is 3.21. The third kappa shape index (κ3) is 6.09. The standard InChI is InChI=1S/C20H23NO6S/c1-12(19(23)18-10-9-17(28-18)11-21-14(3)22)27-20(24)13(2)26-16-7-5-15(25-4)6-8-16/h5-10,12-13H,11H2,1-4H3,(H,21,22). The molecule has 28 heavy (non-hydrogen) atoms. The molecule has 1 aromatic heterocycles. The average molecular weight is 405 g/mol. The summed E-state index contributed by atoms with van der Waals surface area (Å²) in [6.45, 7) is 4.86. The molecule has 1 N–H and O–H groups in total. The van der Waals surface area contributed by atoms with E-state index in [9.17, 15) is 14.4 Å². The Morgan fingerprint density at radius 3 is 2.25 bits per heavy atom. The smallest absolute Gasteiger partial charge is 0.347 e. The molecule has 0 aliphatic heterocycles. The van der Waals surface area contributed by atoms with Crippen molar-refractivity contribution in [3.63, 3.8) is 0 Å². The molecule has 8 heteroatoms. The van der Waals surface area contributed by atoms with Gasteiger partial charge in [-0.3, -0.25) is 9.59 Å². The van der Waals surface area contributed by atoms with Gasteiger partial charge in [-0.1, -0.05) is 0 Å². The van der Waals surface area contributed by atoms with Crippen molar-refractivity contribution in [2.75, 3.05) is 7.11 Å². The maximum Gasteiger partial charge on any atom is 0.347 e. The Balaban J connectivity index is 1.89. The van der Waals surface area contributed by atoms with E-state index in [1.54, 1.807) is 50.4 Å². The first-order valence-corrected chi connectivity index (χ1v) is 9.50. The first-order valence-electron chi connectivity index (χ1n) is 8.68. The highest BCUT2D eigenvalue weighted by Crippen LogP contribution is 2.21. The van der Waals surface area contributed by atoms with Crippen LogP contribution in [0.2, 0.25) is 0 Å². The molecule has 1 amide bonds. The van der Waals surface area contributed by atoms with Crippen molar-refractivity contribution in [3.05, 3.63) is 46.2 Å². The SMILES string of the molecule is COc1ccc(OC(C)C(=O)OC(C)C(=O)c2ccc(CNC(C)=O)s2)cc1. The first kappa shape index (κ1) is 21.4. The van der Waals surface area contributed by atoms with Gasteiger partial charge >= 0.3 is 5.97 Å². The highest BCUT2D eigenvalue weighted by molar-refractivity contribution is 7.14. The molecule has 0 bridgehead atoms. The van der Waals surface area contributed by atoms with Crippen LogP contribution < -0.4 is 14.8 Å². The van der Waals surface area contributed by atoms with Gasteiger partial charge in [0.05, 0.1) is 18.5 Å². The van der Waals surface area contributed by atoms with E-state index in [1.165, 1.54) is 25.2 Å². The Kier molecular flexibility index (Phi) is 7.57. The Bertz CT molecular complexity index is 829. The van der Waals surface area contributed by atoms with Crippen LogP contribution in [0.1, 0.15) is 35.3 Å². The van der Waals surface area contributed by atoms with E-state index in [0.29, 0.717) is 22.9 Å². The molecule has 0 aliphatic carbocycles. The fraction of sp³-hybridized carbons (Fsp3) is 0.350. The molecule has 0 radical (unpaired) electrons. The summed E-state index contributed by atoms with van der Waals surface area (Å²) >= 11 is 1.25.